The van der Waals surface area contributed by atoms with Crippen molar-refractivity contribution in [2.45, 2.75) is 18.9 Å². The van der Waals surface area contributed by atoms with Crippen LogP contribution >= 0.6 is 0 Å². The number of nitrogens with two attached hydrogens (primary N) is 1. The quantitative estimate of drug-likeness (QED) is 0.432. The molecule has 6 heteroatoms. The van der Waals surface area contributed by atoms with Gasteiger partial charge < -0.3 is 24.7 Å². The Morgan fingerprint density at radius 3 is 2.35 bits per heavy atom. The molecule has 0 heterocycles. The van der Waals surface area contributed by atoms with Crippen molar-refractivity contribution >= 4 is 5.97 Å². The van der Waals surface area contributed by atoms with Crippen molar-refractivity contribution in [3.05, 3.63) is 0 Å². The van der Waals surface area contributed by atoms with Crippen LogP contribution in [-0.4, -0.2) is 58.8 Å². The van der Waals surface area contributed by atoms with Gasteiger partial charge in [0.2, 0.25) is 0 Å². The van der Waals surface area contributed by atoms with E-state index < -0.39 is 11.5 Å². The summed E-state index contributed by atoms with van der Waals surface area (Å²) in [6, 6.07) is 0. The predicted molar refractivity (Wildman–Crippen MR) is 62.7 cm³/mol. The maximum absolute atomic E-state index is 11.2. The second kappa shape index (κ2) is 9.35. The number of methoxy groups -OCH3 is 2. The predicted octanol–water partition coefficient (Wildman–Crippen LogP) is -0.0535. The summed E-state index contributed by atoms with van der Waals surface area (Å²) < 4.78 is 19.9. The molecular weight excluding hydrogens is 226 g/mol. The van der Waals surface area contributed by atoms with E-state index in [-0.39, 0.29) is 6.61 Å². The monoisotopic (exact) mass is 249 g/mol. The van der Waals surface area contributed by atoms with Crippen LogP contribution in [0.3, 0.4) is 0 Å². The highest BCUT2D eigenvalue weighted by atomic mass is 16.5. The molecule has 0 rings (SSSR count). The normalized spacial score (nSPS) is 14.4. The summed E-state index contributed by atoms with van der Waals surface area (Å²) in [6.45, 7) is 3.97. The standard InChI is InChI=1S/C11H23NO5/c1-11(12,10(13)15-3)9-17-6-4-5-16-8-7-14-2/h4-9,12H2,1-3H3. The minimum atomic E-state index is -1.09. The summed E-state index contributed by atoms with van der Waals surface area (Å²) in [4.78, 5) is 11.2. The van der Waals surface area contributed by atoms with Crippen molar-refractivity contribution in [1.82, 2.24) is 0 Å². The van der Waals surface area contributed by atoms with E-state index in [0.717, 1.165) is 6.42 Å². The Labute approximate surface area is 102 Å². The lowest BCUT2D eigenvalue weighted by Crippen LogP contribution is -2.49. The first kappa shape index (κ1) is 16.3. The SMILES string of the molecule is COCCOCCCOCC(C)(N)C(=O)OC. The molecule has 0 bridgehead atoms. The first-order valence-corrected chi connectivity index (χ1v) is 5.56. The van der Waals surface area contributed by atoms with Crippen LogP contribution in [0.1, 0.15) is 13.3 Å². The van der Waals surface area contributed by atoms with Crippen molar-refractivity contribution in [3.63, 3.8) is 0 Å². The average Bonchev–Trinajstić information content (AvgIpc) is 2.31. The van der Waals surface area contributed by atoms with E-state index in [1.807, 2.05) is 0 Å². The number of esters is 1. The molecule has 0 aromatic carbocycles. The Hall–Kier alpha value is -0.690. The molecule has 0 aromatic rings. The van der Waals surface area contributed by atoms with Gasteiger partial charge in [-0.3, -0.25) is 0 Å². The van der Waals surface area contributed by atoms with Gasteiger partial charge in [0.15, 0.2) is 0 Å². The molecule has 17 heavy (non-hydrogen) atoms. The third kappa shape index (κ3) is 8.09. The number of carbonyl (C=O) groups is 1. The third-order valence-corrected chi connectivity index (χ3v) is 2.06. The van der Waals surface area contributed by atoms with E-state index in [4.69, 9.17) is 19.9 Å². The van der Waals surface area contributed by atoms with E-state index in [1.54, 1.807) is 14.0 Å². The Bertz CT molecular complexity index is 208. The molecule has 0 saturated heterocycles. The van der Waals surface area contributed by atoms with Crippen molar-refractivity contribution < 1.29 is 23.7 Å². The van der Waals surface area contributed by atoms with Gasteiger partial charge in [0, 0.05) is 20.3 Å². The zero-order chi connectivity index (χ0) is 13.1. The van der Waals surface area contributed by atoms with Crippen LogP contribution < -0.4 is 5.73 Å². The van der Waals surface area contributed by atoms with E-state index in [9.17, 15) is 4.79 Å². The zero-order valence-corrected chi connectivity index (χ0v) is 10.9. The Morgan fingerprint density at radius 2 is 1.76 bits per heavy atom. The summed E-state index contributed by atoms with van der Waals surface area (Å²) in [5.74, 6) is -0.478. The van der Waals surface area contributed by atoms with Gasteiger partial charge in [-0.05, 0) is 13.3 Å². The van der Waals surface area contributed by atoms with Gasteiger partial charge in [0.05, 0.1) is 26.9 Å². The van der Waals surface area contributed by atoms with Crippen molar-refractivity contribution in [3.8, 4) is 0 Å². The van der Waals surface area contributed by atoms with Gasteiger partial charge in [-0.15, -0.1) is 0 Å². The lowest BCUT2D eigenvalue weighted by molar-refractivity contribution is -0.148. The molecule has 0 aromatic heterocycles. The van der Waals surface area contributed by atoms with Gasteiger partial charge in [-0.1, -0.05) is 0 Å². The maximum atomic E-state index is 11.2. The minimum absolute atomic E-state index is 0.137. The molecule has 0 radical (unpaired) electrons. The van der Waals surface area contributed by atoms with Crippen LogP contribution in [0, 0.1) is 0 Å². The van der Waals surface area contributed by atoms with E-state index in [1.165, 1.54) is 7.11 Å². The zero-order valence-electron chi connectivity index (χ0n) is 10.9. The minimum Gasteiger partial charge on any atom is -0.468 e. The van der Waals surface area contributed by atoms with Crippen molar-refractivity contribution in [1.29, 1.82) is 0 Å². The molecule has 0 aliphatic heterocycles. The van der Waals surface area contributed by atoms with E-state index in [0.29, 0.717) is 26.4 Å². The van der Waals surface area contributed by atoms with Crippen LogP contribution in [-0.2, 0) is 23.7 Å². The Balaban J connectivity index is 3.42. The first-order chi connectivity index (χ1) is 8.04. The second-order valence-electron chi connectivity index (χ2n) is 3.92. The number of hydrogen-bond acceptors (Lipinski definition) is 6. The van der Waals surface area contributed by atoms with Gasteiger partial charge in [-0.25, -0.2) is 4.79 Å². The first-order valence-electron chi connectivity index (χ1n) is 5.56. The lowest BCUT2D eigenvalue weighted by atomic mass is 10.1. The highest BCUT2D eigenvalue weighted by molar-refractivity contribution is 5.80. The van der Waals surface area contributed by atoms with Crippen LogP contribution in [0.2, 0.25) is 0 Å². The molecular formula is C11H23NO5. The van der Waals surface area contributed by atoms with Gasteiger partial charge in [-0.2, -0.15) is 0 Å². The molecule has 0 aliphatic rings. The van der Waals surface area contributed by atoms with Crippen LogP contribution in [0.4, 0.5) is 0 Å². The van der Waals surface area contributed by atoms with Crippen molar-refractivity contribution in [2.24, 2.45) is 5.73 Å². The summed E-state index contributed by atoms with van der Waals surface area (Å²) in [6.07, 6.45) is 0.751. The van der Waals surface area contributed by atoms with Gasteiger partial charge >= 0.3 is 5.97 Å². The van der Waals surface area contributed by atoms with Crippen molar-refractivity contribution in [2.75, 3.05) is 47.3 Å². The van der Waals surface area contributed by atoms with Crippen LogP contribution in [0.5, 0.6) is 0 Å². The average molecular weight is 249 g/mol. The summed E-state index contributed by atoms with van der Waals surface area (Å²) in [5, 5.41) is 0. The second-order valence-corrected chi connectivity index (χ2v) is 3.92. The van der Waals surface area contributed by atoms with Crippen LogP contribution in [0.15, 0.2) is 0 Å². The summed E-state index contributed by atoms with van der Waals surface area (Å²) in [5.41, 5.74) is 4.61. The Morgan fingerprint density at radius 1 is 1.12 bits per heavy atom. The molecule has 0 saturated carbocycles. The fourth-order valence-electron chi connectivity index (χ4n) is 1.08. The molecule has 102 valence electrons. The Kier molecular flexibility index (Phi) is 8.97. The molecule has 0 amide bonds. The van der Waals surface area contributed by atoms with E-state index in [2.05, 4.69) is 4.74 Å². The summed E-state index contributed by atoms with van der Waals surface area (Å²) >= 11 is 0. The number of carbonyl (C=O) groups excluding carboxylic acids is 1. The van der Waals surface area contributed by atoms with Gasteiger partial charge in [0.25, 0.3) is 0 Å². The molecule has 1 unspecified atom stereocenters. The number of rotatable bonds is 10. The summed E-state index contributed by atoms with van der Waals surface area (Å²) in [7, 11) is 2.93. The number of hydrogen-bond donors (Lipinski definition) is 1. The smallest absolute Gasteiger partial charge is 0.327 e. The highest BCUT2D eigenvalue weighted by Gasteiger charge is 2.29. The molecule has 6 nitrogen and oxygen atoms in total. The molecule has 0 aliphatic carbocycles. The lowest BCUT2D eigenvalue weighted by Gasteiger charge is -2.21. The number of ether oxygens (including phenoxy) is 4. The van der Waals surface area contributed by atoms with Gasteiger partial charge in [0.1, 0.15) is 5.54 Å². The topological polar surface area (TPSA) is 80.0 Å². The fourth-order valence-corrected chi connectivity index (χ4v) is 1.08. The van der Waals surface area contributed by atoms with E-state index >= 15 is 0 Å². The fraction of sp³-hybridized carbons (Fsp3) is 0.909. The molecule has 0 spiro atoms. The largest absolute Gasteiger partial charge is 0.468 e. The molecule has 2 N–H and O–H groups in total. The molecule has 1 atom stereocenters. The third-order valence-electron chi connectivity index (χ3n) is 2.06. The highest BCUT2D eigenvalue weighted by Crippen LogP contribution is 2.02. The maximum Gasteiger partial charge on any atom is 0.327 e. The molecule has 0 fully saturated rings. The van der Waals surface area contributed by atoms with Crippen LogP contribution in [0.25, 0.3) is 0 Å².